The van der Waals surface area contributed by atoms with E-state index in [9.17, 15) is 23.5 Å². The number of carboxylic acids is 1. The third-order valence-electron chi connectivity index (χ3n) is 4.00. The summed E-state index contributed by atoms with van der Waals surface area (Å²) < 4.78 is 32.5. The molecule has 0 aromatic heterocycles. The summed E-state index contributed by atoms with van der Waals surface area (Å²) in [5, 5.41) is 11.6. The van der Waals surface area contributed by atoms with Crippen molar-refractivity contribution < 1.29 is 28.2 Å². The molecular weight excluding hydrogens is 344 g/mol. The second-order valence-corrected chi connectivity index (χ2v) is 6.18. The Labute approximate surface area is 149 Å². The lowest BCUT2D eigenvalue weighted by molar-refractivity contribution is -0.145. The van der Waals surface area contributed by atoms with E-state index in [1.54, 1.807) is 6.92 Å². The lowest BCUT2D eigenvalue weighted by Crippen LogP contribution is -2.55. The van der Waals surface area contributed by atoms with Crippen LogP contribution in [0.25, 0.3) is 11.1 Å². The van der Waals surface area contributed by atoms with Crippen molar-refractivity contribution in [2.45, 2.75) is 19.4 Å². The molecule has 0 spiro atoms. The first-order valence-corrected chi connectivity index (χ1v) is 7.79. The molecule has 0 aliphatic rings. The maximum Gasteiger partial charge on any atom is 0.331 e. The van der Waals surface area contributed by atoms with Crippen molar-refractivity contribution >= 4 is 11.9 Å². The number of amides is 1. The number of carbonyl (C=O) groups is 2. The molecule has 1 amide bonds. The Morgan fingerprint density at radius 1 is 1.15 bits per heavy atom. The van der Waals surface area contributed by atoms with Crippen LogP contribution in [0.4, 0.5) is 8.78 Å². The van der Waals surface area contributed by atoms with E-state index in [0.29, 0.717) is 11.1 Å². The van der Waals surface area contributed by atoms with E-state index in [4.69, 9.17) is 4.74 Å². The number of hydrogen-bond donors (Lipinski definition) is 2. The highest BCUT2D eigenvalue weighted by molar-refractivity contribution is 5.98. The zero-order chi connectivity index (χ0) is 19.5. The predicted molar refractivity (Wildman–Crippen MR) is 91.9 cm³/mol. The highest BCUT2D eigenvalue weighted by Crippen LogP contribution is 2.27. The molecule has 0 heterocycles. The SMILES string of the molecule is COCC(C)(NC(=O)c1ccc(-c2ccc(F)cc2C)c(F)c1)C(=O)O. The van der Waals surface area contributed by atoms with Crippen LogP contribution in [0.15, 0.2) is 36.4 Å². The van der Waals surface area contributed by atoms with E-state index in [1.165, 1.54) is 44.4 Å². The van der Waals surface area contributed by atoms with Crippen molar-refractivity contribution in [3.8, 4) is 11.1 Å². The van der Waals surface area contributed by atoms with Gasteiger partial charge in [0.05, 0.1) is 6.61 Å². The van der Waals surface area contributed by atoms with E-state index in [-0.39, 0.29) is 17.7 Å². The number of aliphatic carboxylic acids is 1. The second-order valence-electron chi connectivity index (χ2n) is 6.18. The van der Waals surface area contributed by atoms with Gasteiger partial charge in [0.15, 0.2) is 5.54 Å². The van der Waals surface area contributed by atoms with Gasteiger partial charge in [0.25, 0.3) is 5.91 Å². The molecule has 0 saturated carbocycles. The number of rotatable bonds is 6. The molecule has 2 aromatic rings. The van der Waals surface area contributed by atoms with Crippen molar-refractivity contribution in [3.63, 3.8) is 0 Å². The fourth-order valence-electron chi connectivity index (χ4n) is 2.57. The summed E-state index contributed by atoms with van der Waals surface area (Å²) in [5.74, 6) is -3.11. The molecule has 0 aliphatic heterocycles. The van der Waals surface area contributed by atoms with Gasteiger partial charge in [0, 0.05) is 18.2 Å². The quantitative estimate of drug-likeness (QED) is 0.827. The van der Waals surface area contributed by atoms with E-state index >= 15 is 0 Å². The molecule has 138 valence electrons. The Hall–Kier alpha value is -2.80. The Bertz CT molecular complexity index is 853. The van der Waals surface area contributed by atoms with Gasteiger partial charge in [0.2, 0.25) is 0 Å². The number of carbonyl (C=O) groups excluding carboxylic acids is 1. The van der Waals surface area contributed by atoms with Gasteiger partial charge in [-0.05, 0) is 49.2 Å². The molecule has 0 aliphatic carbocycles. The van der Waals surface area contributed by atoms with Crippen molar-refractivity contribution in [2.75, 3.05) is 13.7 Å². The van der Waals surface area contributed by atoms with E-state index < -0.39 is 29.0 Å². The maximum atomic E-state index is 14.5. The third kappa shape index (κ3) is 4.05. The number of halogens is 2. The topological polar surface area (TPSA) is 75.6 Å². The van der Waals surface area contributed by atoms with Gasteiger partial charge >= 0.3 is 5.97 Å². The average Bonchev–Trinajstić information content (AvgIpc) is 2.55. The lowest BCUT2D eigenvalue weighted by Gasteiger charge is -2.25. The molecule has 0 radical (unpaired) electrons. The molecule has 2 rings (SSSR count). The Morgan fingerprint density at radius 2 is 1.81 bits per heavy atom. The first-order chi connectivity index (χ1) is 12.2. The lowest BCUT2D eigenvalue weighted by atomic mass is 9.98. The normalized spacial score (nSPS) is 13.1. The molecule has 0 bridgehead atoms. The molecule has 0 fully saturated rings. The van der Waals surface area contributed by atoms with Crippen LogP contribution < -0.4 is 5.32 Å². The zero-order valence-electron chi connectivity index (χ0n) is 14.6. The molecule has 26 heavy (non-hydrogen) atoms. The highest BCUT2D eigenvalue weighted by Gasteiger charge is 2.35. The van der Waals surface area contributed by atoms with Crippen LogP contribution in [-0.2, 0) is 9.53 Å². The number of aryl methyl sites for hydroxylation is 1. The molecule has 7 heteroatoms. The third-order valence-corrected chi connectivity index (χ3v) is 4.00. The molecular formula is C19H19F2NO4. The van der Waals surface area contributed by atoms with E-state index in [2.05, 4.69) is 5.32 Å². The number of hydrogen-bond acceptors (Lipinski definition) is 3. The van der Waals surface area contributed by atoms with Crippen LogP contribution in [0.3, 0.4) is 0 Å². The standard InChI is InChI=1S/C19H19F2NO4/c1-11-8-13(20)5-7-14(11)15-6-4-12(9-16(15)21)17(23)22-19(2,10-26-3)18(24)25/h4-9H,10H2,1-3H3,(H,22,23)(H,24,25). The van der Waals surface area contributed by atoms with Crippen LogP contribution in [0.5, 0.6) is 0 Å². The molecule has 1 atom stereocenters. The summed E-state index contributed by atoms with van der Waals surface area (Å²) in [6.45, 7) is 2.70. The van der Waals surface area contributed by atoms with Crippen LogP contribution in [-0.4, -0.2) is 36.2 Å². The Morgan fingerprint density at radius 3 is 2.35 bits per heavy atom. The number of methoxy groups -OCH3 is 1. The van der Waals surface area contributed by atoms with Crippen LogP contribution in [0.1, 0.15) is 22.8 Å². The van der Waals surface area contributed by atoms with Gasteiger partial charge in [-0.1, -0.05) is 12.1 Å². The molecule has 5 nitrogen and oxygen atoms in total. The Balaban J connectivity index is 2.31. The largest absolute Gasteiger partial charge is 0.479 e. The average molecular weight is 363 g/mol. The van der Waals surface area contributed by atoms with Crippen LogP contribution >= 0.6 is 0 Å². The van der Waals surface area contributed by atoms with Crippen molar-refractivity contribution in [1.82, 2.24) is 5.32 Å². The van der Waals surface area contributed by atoms with Crippen molar-refractivity contribution in [3.05, 3.63) is 59.2 Å². The highest BCUT2D eigenvalue weighted by atomic mass is 19.1. The first kappa shape index (κ1) is 19.5. The number of carboxylic acid groups (broad SMARTS) is 1. The Kier molecular flexibility index (Phi) is 5.72. The van der Waals surface area contributed by atoms with Gasteiger partial charge in [-0.3, -0.25) is 4.79 Å². The van der Waals surface area contributed by atoms with Crippen molar-refractivity contribution in [2.24, 2.45) is 0 Å². The van der Waals surface area contributed by atoms with Gasteiger partial charge < -0.3 is 15.2 Å². The summed E-state index contributed by atoms with van der Waals surface area (Å²) in [6, 6.07) is 7.78. The fourth-order valence-corrected chi connectivity index (χ4v) is 2.57. The summed E-state index contributed by atoms with van der Waals surface area (Å²) in [6.07, 6.45) is 0. The second kappa shape index (κ2) is 7.61. The molecule has 0 saturated heterocycles. The minimum Gasteiger partial charge on any atom is -0.479 e. The molecule has 2 N–H and O–H groups in total. The van der Waals surface area contributed by atoms with E-state index in [1.807, 2.05) is 0 Å². The minimum atomic E-state index is -1.64. The zero-order valence-corrected chi connectivity index (χ0v) is 14.6. The summed E-state index contributed by atoms with van der Waals surface area (Å²) in [5.41, 5.74) is -0.397. The smallest absolute Gasteiger partial charge is 0.331 e. The van der Waals surface area contributed by atoms with Crippen LogP contribution in [0, 0.1) is 18.6 Å². The summed E-state index contributed by atoms with van der Waals surface area (Å²) >= 11 is 0. The molecule has 2 aromatic carbocycles. The summed E-state index contributed by atoms with van der Waals surface area (Å²) in [7, 11) is 1.31. The van der Waals surface area contributed by atoms with Gasteiger partial charge in [-0.25, -0.2) is 13.6 Å². The minimum absolute atomic E-state index is 0.0328. The first-order valence-electron chi connectivity index (χ1n) is 7.79. The predicted octanol–water partition coefficient (Wildman–Crippen LogP) is 3.16. The number of nitrogens with one attached hydrogen (secondary N) is 1. The molecule has 1 unspecified atom stereocenters. The van der Waals surface area contributed by atoms with Crippen LogP contribution in [0.2, 0.25) is 0 Å². The summed E-state index contributed by atoms with van der Waals surface area (Å²) in [4.78, 5) is 23.7. The van der Waals surface area contributed by atoms with Gasteiger partial charge in [-0.15, -0.1) is 0 Å². The fraction of sp³-hybridized carbons (Fsp3) is 0.263. The van der Waals surface area contributed by atoms with Gasteiger partial charge in [0.1, 0.15) is 11.6 Å². The maximum absolute atomic E-state index is 14.5. The van der Waals surface area contributed by atoms with Gasteiger partial charge in [-0.2, -0.15) is 0 Å². The number of ether oxygens (including phenoxy) is 1. The number of benzene rings is 2. The van der Waals surface area contributed by atoms with Crippen molar-refractivity contribution in [1.29, 1.82) is 0 Å². The monoisotopic (exact) mass is 363 g/mol. The van der Waals surface area contributed by atoms with E-state index in [0.717, 1.165) is 6.07 Å².